The van der Waals surface area contributed by atoms with Gasteiger partial charge in [-0.25, -0.2) is 9.98 Å². The Bertz CT molecular complexity index is 1080. The highest BCUT2D eigenvalue weighted by Gasteiger charge is 2.03. The van der Waals surface area contributed by atoms with Crippen LogP contribution in [-0.4, -0.2) is 28.6 Å². The number of para-hydroxylation sites is 2. The summed E-state index contributed by atoms with van der Waals surface area (Å²) in [6, 6.07) is 20.7. The Kier molecular flexibility index (Phi) is 6.44. The number of furan rings is 1. The van der Waals surface area contributed by atoms with Crippen LogP contribution in [0.5, 0.6) is 0 Å². The number of nitrogens with one attached hydrogen (secondary N) is 2. The van der Waals surface area contributed by atoms with Crippen molar-refractivity contribution in [3.05, 3.63) is 90.1 Å². The lowest BCUT2D eigenvalue weighted by molar-refractivity contribution is 0.507. The zero-order chi connectivity index (χ0) is 20.6. The highest BCUT2D eigenvalue weighted by Crippen LogP contribution is 2.14. The van der Waals surface area contributed by atoms with Crippen molar-refractivity contribution in [3.63, 3.8) is 0 Å². The summed E-state index contributed by atoms with van der Waals surface area (Å²) in [7, 11) is 0. The van der Waals surface area contributed by atoms with Crippen molar-refractivity contribution >= 4 is 17.0 Å². The van der Waals surface area contributed by atoms with Gasteiger partial charge in [-0.2, -0.15) is 0 Å². The van der Waals surface area contributed by atoms with Gasteiger partial charge in [0.15, 0.2) is 5.96 Å². The first-order valence-corrected chi connectivity index (χ1v) is 10.3. The minimum absolute atomic E-state index is 0.629. The molecule has 0 aliphatic heterocycles. The molecule has 0 bridgehead atoms. The van der Waals surface area contributed by atoms with E-state index in [-0.39, 0.29) is 0 Å². The Morgan fingerprint density at radius 3 is 2.63 bits per heavy atom. The molecule has 0 saturated carbocycles. The molecule has 4 aromatic rings. The van der Waals surface area contributed by atoms with Crippen LogP contribution in [0.2, 0.25) is 0 Å². The fourth-order valence-electron chi connectivity index (χ4n) is 3.35. The van der Waals surface area contributed by atoms with Gasteiger partial charge >= 0.3 is 0 Å². The first-order chi connectivity index (χ1) is 14.8. The van der Waals surface area contributed by atoms with Gasteiger partial charge < -0.3 is 19.6 Å². The van der Waals surface area contributed by atoms with Gasteiger partial charge in [0.25, 0.3) is 0 Å². The molecular formula is C24H27N5O. The molecule has 0 radical (unpaired) electrons. The molecule has 2 aromatic heterocycles. The number of nitrogens with zero attached hydrogens (tertiary/aromatic N) is 3. The molecule has 6 heteroatoms. The lowest BCUT2D eigenvalue weighted by Crippen LogP contribution is -2.38. The number of hydrogen-bond acceptors (Lipinski definition) is 3. The third-order valence-corrected chi connectivity index (χ3v) is 4.91. The number of aromatic nitrogens is 2. The van der Waals surface area contributed by atoms with Gasteiger partial charge in [0.1, 0.15) is 5.76 Å². The smallest absolute Gasteiger partial charge is 0.191 e. The minimum Gasteiger partial charge on any atom is -0.469 e. The van der Waals surface area contributed by atoms with E-state index in [4.69, 9.17) is 9.41 Å². The second kappa shape index (κ2) is 9.78. The normalized spacial score (nSPS) is 11.7. The molecule has 2 aromatic carbocycles. The Labute approximate surface area is 176 Å². The topological polar surface area (TPSA) is 67.4 Å². The highest BCUT2D eigenvalue weighted by atomic mass is 16.3. The number of hydrogen-bond donors (Lipinski definition) is 2. The molecule has 6 nitrogen and oxygen atoms in total. The molecular weight excluding hydrogens is 374 g/mol. The van der Waals surface area contributed by atoms with E-state index in [1.165, 1.54) is 11.1 Å². The van der Waals surface area contributed by atoms with Crippen molar-refractivity contribution in [1.82, 2.24) is 20.2 Å². The highest BCUT2D eigenvalue weighted by molar-refractivity contribution is 5.79. The molecule has 30 heavy (non-hydrogen) atoms. The van der Waals surface area contributed by atoms with E-state index in [1.807, 2.05) is 36.7 Å². The summed E-state index contributed by atoms with van der Waals surface area (Å²) in [6.45, 7) is 5.10. The van der Waals surface area contributed by atoms with Gasteiger partial charge in [-0.3, -0.25) is 0 Å². The molecule has 0 aliphatic carbocycles. The van der Waals surface area contributed by atoms with Crippen LogP contribution in [0.1, 0.15) is 23.8 Å². The number of fused-ring (bicyclic) bond motifs is 1. The fourth-order valence-corrected chi connectivity index (χ4v) is 3.35. The summed E-state index contributed by atoms with van der Waals surface area (Å²) in [4.78, 5) is 9.16. The monoisotopic (exact) mass is 401 g/mol. The molecule has 0 fully saturated rings. The second-order valence-corrected chi connectivity index (χ2v) is 7.13. The number of aliphatic imine (C=N–C) groups is 1. The quantitative estimate of drug-likeness (QED) is 0.346. The Morgan fingerprint density at radius 1 is 1.00 bits per heavy atom. The second-order valence-electron chi connectivity index (χ2n) is 7.13. The summed E-state index contributed by atoms with van der Waals surface area (Å²) in [6.07, 6.45) is 4.43. The fraction of sp³-hybridized carbons (Fsp3) is 0.250. The lowest BCUT2D eigenvalue weighted by Gasteiger charge is -2.11. The van der Waals surface area contributed by atoms with E-state index in [1.54, 1.807) is 6.26 Å². The van der Waals surface area contributed by atoms with E-state index in [0.717, 1.165) is 48.8 Å². The van der Waals surface area contributed by atoms with Gasteiger partial charge in [-0.15, -0.1) is 0 Å². The molecule has 0 atom stereocenters. The summed E-state index contributed by atoms with van der Waals surface area (Å²) >= 11 is 0. The molecule has 0 aliphatic rings. The molecule has 0 saturated heterocycles. The molecule has 2 heterocycles. The Hall–Kier alpha value is -3.54. The van der Waals surface area contributed by atoms with Crippen molar-refractivity contribution in [3.8, 4) is 0 Å². The van der Waals surface area contributed by atoms with E-state index in [9.17, 15) is 0 Å². The van der Waals surface area contributed by atoms with Crippen LogP contribution < -0.4 is 10.6 Å². The van der Waals surface area contributed by atoms with Gasteiger partial charge in [0.2, 0.25) is 0 Å². The SMILES string of the molecule is CCNC(=NCc1ccc(Cn2cnc3ccccc32)cc1)NCCc1ccco1. The van der Waals surface area contributed by atoms with Gasteiger partial charge in [-0.05, 0) is 42.3 Å². The van der Waals surface area contributed by atoms with Gasteiger partial charge in [0, 0.05) is 26.1 Å². The number of imidazole rings is 1. The van der Waals surface area contributed by atoms with Crippen LogP contribution >= 0.6 is 0 Å². The average Bonchev–Trinajstić information content (AvgIpc) is 3.43. The number of rotatable bonds is 8. The predicted molar refractivity (Wildman–Crippen MR) is 121 cm³/mol. The summed E-state index contributed by atoms with van der Waals surface area (Å²) in [5.41, 5.74) is 4.60. The Balaban J connectivity index is 1.34. The largest absolute Gasteiger partial charge is 0.469 e. The van der Waals surface area contributed by atoms with E-state index >= 15 is 0 Å². The third kappa shape index (κ3) is 5.08. The summed E-state index contributed by atoms with van der Waals surface area (Å²) in [5, 5.41) is 6.64. The van der Waals surface area contributed by atoms with Crippen LogP contribution in [0.3, 0.4) is 0 Å². The van der Waals surface area contributed by atoms with E-state index < -0.39 is 0 Å². The molecule has 4 rings (SSSR count). The summed E-state index contributed by atoms with van der Waals surface area (Å²) in [5.74, 6) is 1.79. The molecule has 0 amide bonds. The predicted octanol–water partition coefficient (Wildman–Crippen LogP) is 3.98. The third-order valence-electron chi connectivity index (χ3n) is 4.91. The maximum atomic E-state index is 5.37. The summed E-state index contributed by atoms with van der Waals surface area (Å²) < 4.78 is 7.55. The van der Waals surface area contributed by atoms with Crippen molar-refractivity contribution in [1.29, 1.82) is 0 Å². The number of guanidine groups is 1. The number of benzene rings is 2. The van der Waals surface area contributed by atoms with E-state index in [0.29, 0.717) is 6.54 Å². The van der Waals surface area contributed by atoms with Gasteiger partial charge in [0.05, 0.1) is 30.2 Å². The first kappa shape index (κ1) is 19.8. The average molecular weight is 402 g/mol. The molecule has 2 N–H and O–H groups in total. The minimum atomic E-state index is 0.629. The van der Waals surface area contributed by atoms with Crippen LogP contribution in [0, 0.1) is 0 Å². The standard InChI is InChI=1S/C24H27N5O/c1-2-25-24(26-14-13-21-6-5-15-30-21)27-16-19-9-11-20(12-10-19)17-29-18-28-22-7-3-4-8-23(22)29/h3-12,15,18H,2,13-14,16-17H2,1H3,(H2,25,26,27). The Morgan fingerprint density at radius 2 is 1.83 bits per heavy atom. The van der Waals surface area contributed by atoms with E-state index in [2.05, 4.69) is 57.4 Å². The maximum Gasteiger partial charge on any atom is 0.191 e. The first-order valence-electron chi connectivity index (χ1n) is 10.3. The van der Waals surface area contributed by atoms with Crippen molar-refractivity contribution < 1.29 is 4.42 Å². The molecule has 154 valence electrons. The van der Waals surface area contributed by atoms with Crippen molar-refractivity contribution in [2.24, 2.45) is 4.99 Å². The molecule has 0 unspecified atom stereocenters. The van der Waals surface area contributed by atoms with Crippen LogP contribution in [0.15, 0.2) is 82.7 Å². The molecule has 0 spiro atoms. The zero-order valence-electron chi connectivity index (χ0n) is 17.2. The van der Waals surface area contributed by atoms with Crippen LogP contribution in [0.25, 0.3) is 11.0 Å². The zero-order valence-corrected chi connectivity index (χ0v) is 17.2. The lowest BCUT2D eigenvalue weighted by atomic mass is 10.1. The van der Waals surface area contributed by atoms with Crippen LogP contribution in [-0.2, 0) is 19.5 Å². The van der Waals surface area contributed by atoms with Crippen molar-refractivity contribution in [2.45, 2.75) is 26.4 Å². The van der Waals surface area contributed by atoms with Crippen LogP contribution in [0.4, 0.5) is 0 Å². The van der Waals surface area contributed by atoms with Crippen molar-refractivity contribution in [2.75, 3.05) is 13.1 Å². The van der Waals surface area contributed by atoms with Gasteiger partial charge in [-0.1, -0.05) is 36.4 Å². The maximum absolute atomic E-state index is 5.37.